The standard InChI is InChI=1S/C15H27NO2/c17-12-14-9-5-2-6-10-16(14)15(18)11-13-7-3-1-4-8-13/h13-14,17H,1-12H2. The zero-order valence-corrected chi connectivity index (χ0v) is 11.4. The van der Waals surface area contributed by atoms with Crippen molar-refractivity contribution in [1.29, 1.82) is 0 Å². The Morgan fingerprint density at radius 2 is 1.67 bits per heavy atom. The van der Waals surface area contributed by atoms with Gasteiger partial charge < -0.3 is 10.0 Å². The number of carbonyl (C=O) groups excluding carboxylic acids is 1. The zero-order chi connectivity index (χ0) is 12.8. The van der Waals surface area contributed by atoms with Crippen LogP contribution in [0.4, 0.5) is 0 Å². The lowest BCUT2D eigenvalue weighted by molar-refractivity contribution is -0.135. The first-order valence-corrected chi connectivity index (χ1v) is 7.71. The molecule has 0 aromatic rings. The van der Waals surface area contributed by atoms with Crippen LogP contribution in [0, 0.1) is 5.92 Å². The summed E-state index contributed by atoms with van der Waals surface area (Å²) in [7, 11) is 0. The maximum Gasteiger partial charge on any atom is 0.223 e. The van der Waals surface area contributed by atoms with E-state index in [0.29, 0.717) is 11.8 Å². The second kappa shape index (κ2) is 7.13. The monoisotopic (exact) mass is 253 g/mol. The van der Waals surface area contributed by atoms with E-state index in [1.807, 2.05) is 4.90 Å². The Morgan fingerprint density at radius 3 is 2.39 bits per heavy atom. The number of amides is 1. The van der Waals surface area contributed by atoms with E-state index >= 15 is 0 Å². The Bertz CT molecular complexity index is 261. The van der Waals surface area contributed by atoms with Gasteiger partial charge in [-0.15, -0.1) is 0 Å². The van der Waals surface area contributed by atoms with Crippen molar-refractivity contribution in [2.24, 2.45) is 5.92 Å². The molecule has 1 atom stereocenters. The van der Waals surface area contributed by atoms with Crippen LogP contribution in [0.3, 0.4) is 0 Å². The molecule has 0 aromatic heterocycles. The van der Waals surface area contributed by atoms with Crippen LogP contribution in [0.25, 0.3) is 0 Å². The number of likely N-dealkylation sites (tertiary alicyclic amines) is 1. The predicted octanol–water partition coefficient (Wildman–Crippen LogP) is 2.72. The average Bonchev–Trinajstić information content (AvgIpc) is 2.64. The third-order valence-electron chi connectivity index (χ3n) is 4.60. The van der Waals surface area contributed by atoms with Gasteiger partial charge in [0.1, 0.15) is 0 Å². The summed E-state index contributed by atoms with van der Waals surface area (Å²) in [5, 5.41) is 9.45. The fraction of sp³-hybridized carbons (Fsp3) is 0.933. The van der Waals surface area contributed by atoms with Gasteiger partial charge in [0.25, 0.3) is 0 Å². The second-order valence-electron chi connectivity index (χ2n) is 5.98. The number of rotatable bonds is 3. The molecule has 1 saturated heterocycles. The molecule has 1 unspecified atom stereocenters. The van der Waals surface area contributed by atoms with Crippen molar-refractivity contribution in [1.82, 2.24) is 4.90 Å². The van der Waals surface area contributed by atoms with Crippen molar-refractivity contribution in [2.75, 3.05) is 13.2 Å². The highest BCUT2D eigenvalue weighted by Crippen LogP contribution is 2.28. The largest absolute Gasteiger partial charge is 0.394 e. The quantitative estimate of drug-likeness (QED) is 0.840. The van der Waals surface area contributed by atoms with E-state index in [1.165, 1.54) is 38.5 Å². The van der Waals surface area contributed by atoms with Gasteiger partial charge in [0.2, 0.25) is 5.91 Å². The highest BCUT2D eigenvalue weighted by atomic mass is 16.3. The van der Waals surface area contributed by atoms with Crippen molar-refractivity contribution in [3.8, 4) is 0 Å². The van der Waals surface area contributed by atoms with E-state index in [-0.39, 0.29) is 12.6 Å². The number of aliphatic hydroxyl groups is 1. The summed E-state index contributed by atoms with van der Waals surface area (Å²) in [6, 6.07) is 0.0867. The first-order chi connectivity index (χ1) is 8.81. The topological polar surface area (TPSA) is 40.5 Å². The highest BCUT2D eigenvalue weighted by Gasteiger charge is 2.27. The lowest BCUT2D eigenvalue weighted by atomic mass is 9.86. The lowest BCUT2D eigenvalue weighted by Crippen LogP contribution is -2.42. The maximum atomic E-state index is 12.4. The number of hydrogen-bond acceptors (Lipinski definition) is 2. The summed E-state index contributed by atoms with van der Waals surface area (Å²) < 4.78 is 0. The first kappa shape index (κ1) is 13.9. The van der Waals surface area contributed by atoms with Gasteiger partial charge in [-0.05, 0) is 31.6 Å². The SMILES string of the molecule is O=C(CC1CCCCC1)N1CCCCCC1CO. The van der Waals surface area contributed by atoms with Crippen molar-refractivity contribution < 1.29 is 9.90 Å². The maximum absolute atomic E-state index is 12.4. The van der Waals surface area contributed by atoms with E-state index in [2.05, 4.69) is 0 Å². The number of nitrogens with zero attached hydrogens (tertiary/aromatic N) is 1. The Kier molecular flexibility index (Phi) is 5.48. The molecule has 18 heavy (non-hydrogen) atoms. The molecule has 0 radical (unpaired) electrons. The number of carbonyl (C=O) groups is 1. The molecular formula is C15H27NO2. The molecule has 0 bridgehead atoms. The van der Waals surface area contributed by atoms with Gasteiger partial charge >= 0.3 is 0 Å². The summed E-state index contributed by atoms with van der Waals surface area (Å²) in [5.74, 6) is 0.900. The van der Waals surface area contributed by atoms with Crippen LogP contribution in [0.1, 0.15) is 64.2 Å². The minimum absolute atomic E-state index is 0.0867. The van der Waals surface area contributed by atoms with Gasteiger partial charge in [0, 0.05) is 13.0 Å². The highest BCUT2D eigenvalue weighted by molar-refractivity contribution is 5.76. The van der Waals surface area contributed by atoms with E-state index in [1.54, 1.807) is 0 Å². The van der Waals surface area contributed by atoms with Gasteiger partial charge in [-0.1, -0.05) is 32.1 Å². The minimum Gasteiger partial charge on any atom is -0.394 e. The third kappa shape index (κ3) is 3.71. The molecule has 2 fully saturated rings. The molecule has 0 spiro atoms. The molecule has 3 heteroatoms. The van der Waals surface area contributed by atoms with E-state index in [4.69, 9.17) is 0 Å². The molecule has 1 aliphatic heterocycles. The van der Waals surface area contributed by atoms with Crippen LogP contribution in [0.15, 0.2) is 0 Å². The fourth-order valence-electron chi connectivity index (χ4n) is 3.45. The van der Waals surface area contributed by atoms with Crippen LogP contribution in [-0.4, -0.2) is 35.1 Å². The van der Waals surface area contributed by atoms with Crippen LogP contribution < -0.4 is 0 Å². The predicted molar refractivity (Wildman–Crippen MR) is 72.2 cm³/mol. The van der Waals surface area contributed by atoms with Gasteiger partial charge in [-0.2, -0.15) is 0 Å². The Morgan fingerprint density at radius 1 is 1.00 bits per heavy atom. The summed E-state index contributed by atoms with van der Waals surface area (Å²) in [4.78, 5) is 14.4. The van der Waals surface area contributed by atoms with Crippen LogP contribution in [0.2, 0.25) is 0 Å². The Labute approximate surface area is 111 Å². The lowest BCUT2D eigenvalue weighted by Gasteiger charge is -2.31. The van der Waals surface area contributed by atoms with E-state index < -0.39 is 0 Å². The third-order valence-corrected chi connectivity index (χ3v) is 4.60. The van der Waals surface area contributed by atoms with Crippen molar-refractivity contribution in [3.05, 3.63) is 0 Å². The summed E-state index contributed by atoms with van der Waals surface area (Å²) in [5.41, 5.74) is 0. The fourth-order valence-corrected chi connectivity index (χ4v) is 3.45. The van der Waals surface area contributed by atoms with Gasteiger partial charge in [-0.3, -0.25) is 4.79 Å². The summed E-state index contributed by atoms with van der Waals surface area (Å²) in [6.07, 6.45) is 11.5. The first-order valence-electron chi connectivity index (χ1n) is 7.71. The molecule has 1 N–H and O–H groups in total. The zero-order valence-electron chi connectivity index (χ0n) is 11.4. The Balaban J connectivity index is 1.88. The molecule has 1 amide bonds. The molecule has 2 aliphatic rings. The van der Waals surface area contributed by atoms with Crippen LogP contribution in [-0.2, 0) is 4.79 Å². The minimum atomic E-state index is 0.0867. The molecule has 2 rings (SSSR count). The average molecular weight is 253 g/mol. The van der Waals surface area contributed by atoms with Crippen molar-refractivity contribution in [3.63, 3.8) is 0 Å². The second-order valence-corrected chi connectivity index (χ2v) is 5.98. The van der Waals surface area contributed by atoms with Gasteiger partial charge in [0.05, 0.1) is 12.6 Å². The molecule has 3 nitrogen and oxygen atoms in total. The summed E-state index contributed by atoms with van der Waals surface area (Å²) in [6.45, 7) is 0.993. The van der Waals surface area contributed by atoms with Crippen molar-refractivity contribution in [2.45, 2.75) is 70.3 Å². The van der Waals surface area contributed by atoms with Gasteiger partial charge in [0.15, 0.2) is 0 Å². The molecule has 1 heterocycles. The van der Waals surface area contributed by atoms with Crippen LogP contribution in [0.5, 0.6) is 0 Å². The van der Waals surface area contributed by atoms with Crippen LogP contribution >= 0.6 is 0 Å². The van der Waals surface area contributed by atoms with E-state index in [0.717, 1.165) is 32.2 Å². The molecular weight excluding hydrogens is 226 g/mol. The van der Waals surface area contributed by atoms with E-state index in [9.17, 15) is 9.90 Å². The number of aliphatic hydroxyl groups excluding tert-OH is 1. The smallest absolute Gasteiger partial charge is 0.223 e. The normalized spacial score (nSPS) is 26.9. The van der Waals surface area contributed by atoms with Crippen molar-refractivity contribution >= 4 is 5.91 Å². The molecule has 1 aliphatic carbocycles. The molecule has 1 saturated carbocycles. The molecule has 104 valence electrons. The Hall–Kier alpha value is -0.570. The van der Waals surface area contributed by atoms with Gasteiger partial charge in [-0.25, -0.2) is 0 Å². The number of hydrogen-bond donors (Lipinski definition) is 1. The molecule has 0 aromatic carbocycles. The summed E-state index contributed by atoms with van der Waals surface area (Å²) >= 11 is 0.